The fourth-order valence-corrected chi connectivity index (χ4v) is 3.04. The van der Waals surface area contributed by atoms with Gasteiger partial charge in [-0.1, -0.05) is 5.21 Å². The zero-order valence-corrected chi connectivity index (χ0v) is 13.6. The molecule has 0 radical (unpaired) electrons. The molecule has 2 amide bonds. The summed E-state index contributed by atoms with van der Waals surface area (Å²) in [6.07, 6.45) is 3.57. The predicted octanol–water partition coefficient (Wildman–Crippen LogP) is 1.35. The molecule has 0 bridgehead atoms. The van der Waals surface area contributed by atoms with Crippen LogP contribution in [0.2, 0.25) is 0 Å². The number of hydrogen-bond acceptors (Lipinski definition) is 4. The Balaban J connectivity index is 1.39. The number of rotatable bonds is 3. The summed E-state index contributed by atoms with van der Waals surface area (Å²) in [6, 6.07) is 5.81. The minimum Gasteiger partial charge on any atom is -0.335 e. The third-order valence-corrected chi connectivity index (χ3v) is 4.63. The fraction of sp³-hybridized carbons (Fsp3) is 0.412. The van der Waals surface area contributed by atoms with E-state index in [1.807, 2.05) is 0 Å². The molecule has 4 rings (SSSR count). The number of nitrogens with zero attached hydrogens (tertiary/aromatic N) is 5. The van der Waals surface area contributed by atoms with Crippen molar-refractivity contribution in [3.8, 4) is 0 Å². The van der Waals surface area contributed by atoms with Gasteiger partial charge in [0.05, 0.1) is 12.2 Å². The van der Waals surface area contributed by atoms with Gasteiger partial charge in [-0.25, -0.2) is 9.07 Å². The molecule has 2 fully saturated rings. The van der Waals surface area contributed by atoms with Gasteiger partial charge >= 0.3 is 0 Å². The Kier molecular flexibility index (Phi) is 3.95. The lowest BCUT2D eigenvalue weighted by Crippen LogP contribution is -2.50. The van der Waals surface area contributed by atoms with Crippen molar-refractivity contribution in [2.45, 2.75) is 18.9 Å². The van der Waals surface area contributed by atoms with Gasteiger partial charge in [-0.3, -0.25) is 9.59 Å². The average Bonchev–Trinajstić information content (AvgIpc) is 3.38. The molecule has 0 N–H and O–H groups in total. The molecule has 8 heteroatoms. The lowest BCUT2D eigenvalue weighted by Gasteiger charge is -2.34. The van der Waals surface area contributed by atoms with Crippen LogP contribution in [0, 0.1) is 5.82 Å². The number of amides is 2. The lowest BCUT2D eigenvalue weighted by molar-refractivity contribution is 0.0528. The lowest BCUT2D eigenvalue weighted by atomic mass is 10.1. The smallest absolute Gasteiger partial charge is 0.273 e. The van der Waals surface area contributed by atoms with Gasteiger partial charge in [0.25, 0.3) is 11.8 Å². The van der Waals surface area contributed by atoms with Gasteiger partial charge in [-0.2, -0.15) is 0 Å². The Morgan fingerprint density at radius 1 is 0.960 bits per heavy atom. The molecule has 2 heterocycles. The molecule has 2 aliphatic rings. The summed E-state index contributed by atoms with van der Waals surface area (Å²) < 4.78 is 14.7. The molecule has 1 aromatic heterocycles. The van der Waals surface area contributed by atoms with E-state index in [1.165, 1.54) is 30.5 Å². The first-order valence-electron chi connectivity index (χ1n) is 8.38. The van der Waals surface area contributed by atoms with Crippen LogP contribution in [0.5, 0.6) is 0 Å². The highest BCUT2D eigenvalue weighted by molar-refractivity contribution is 5.95. The summed E-state index contributed by atoms with van der Waals surface area (Å²) in [5.41, 5.74) is 0.970. The summed E-state index contributed by atoms with van der Waals surface area (Å²) >= 11 is 0. The number of halogens is 1. The summed E-state index contributed by atoms with van der Waals surface area (Å²) in [5.74, 6) is -0.601. The fourth-order valence-electron chi connectivity index (χ4n) is 3.04. The Bertz CT molecular complexity index is 792. The maximum absolute atomic E-state index is 13.0. The molecule has 25 heavy (non-hydrogen) atoms. The average molecular weight is 343 g/mol. The minimum absolute atomic E-state index is 0.0919. The molecule has 1 aliphatic heterocycles. The van der Waals surface area contributed by atoms with E-state index in [9.17, 15) is 14.0 Å². The molecule has 7 nitrogen and oxygen atoms in total. The number of piperazine rings is 1. The van der Waals surface area contributed by atoms with Gasteiger partial charge in [0.1, 0.15) is 11.5 Å². The summed E-state index contributed by atoms with van der Waals surface area (Å²) in [7, 11) is 0. The second-order valence-electron chi connectivity index (χ2n) is 6.39. The number of aromatic nitrogens is 3. The van der Waals surface area contributed by atoms with Crippen molar-refractivity contribution in [1.82, 2.24) is 24.8 Å². The maximum atomic E-state index is 13.0. The maximum Gasteiger partial charge on any atom is 0.273 e. The van der Waals surface area contributed by atoms with E-state index in [0.717, 1.165) is 12.8 Å². The first-order chi connectivity index (χ1) is 12.1. The van der Waals surface area contributed by atoms with Crippen molar-refractivity contribution in [3.63, 3.8) is 0 Å². The number of hydrogen-bond donors (Lipinski definition) is 0. The SMILES string of the molecule is O=C(c1ccc(F)cc1)N1CCN(C(=O)c2cnnn2C2CC2)CC1. The number of carbonyl (C=O) groups excluding carboxylic acids is 2. The first-order valence-corrected chi connectivity index (χ1v) is 8.38. The second kappa shape index (κ2) is 6.27. The van der Waals surface area contributed by atoms with Crippen LogP contribution < -0.4 is 0 Å². The van der Waals surface area contributed by atoms with Crippen LogP contribution >= 0.6 is 0 Å². The number of carbonyl (C=O) groups is 2. The van der Waals surface area contributed by atoms with Crippen molar-refractivity contribution >= 4 is 11.8 Å². The molecule has 1 saturated carbocycles. The molecule has 130 valence electrons. The highest BCUT2D eigenvalue weighted by atomic mass is 19.1. The van der Waals surface area contributed by atoms with Crippen molar-refractivity contribution in [1.29, 1.82) is 0 Å². The van der Waals surface area contributed by atoms with Crippen molar-refractivity contribution < 1.29 is 14.0 Å². The van der Waals surface area contributed by atoms with Crippen molar-refractivity contribution in [2.24, 2.45) is 0 Å². The van der Waals surface area contributed by atoms with Crippen LogP contribution in [0.4, 0.5) is 4.39 Å². The van der Waals surface area contributed by atoms with E-state index in [4.69, 9.17) is 0 Å². The molecule has 0 atom stereocenters. The van der Waals surface area contributed by atoms with Gasteiger partial charge in [0, 0.05) is 31.7 Å². The van der Waals surface area contributed by atoms with E-state index in [1.54, 1.807) is 14.5 Å². The Morgan fingerprint density at radius 3 is 2.16 bits per heavy atom. The Labute approximate surface area is 144 Å². The summed E-state index contributed by atoms with van der Waals surface area (Å²) in [4.78, 5) is 28.5. The quantitative estimate of drug-likeness (QED) is 0.843. The van der Waals surface area contributed by atoms with Gasteiger partial charge in [0.2, 0.25) is 0 Å². The van der Waals surface area contributed by atoms with Gasteiger partial charge in [-0.15, -0.1) is 5.10 Å². The van der Waals surface area contributed by atoms with Gasteiger partial charge in [-0.05, 0) is 37.1 Å². The van der Waals surface area contributed by atoms with Crippen molar-refractivity contribution in [3.05, 3.63) is 47.5 Å². The van der Waals surface area contributed by atoms with Crippen molar-refractivity contribution in [2.75, 3.05) is 26.2 Å². The Morgan fingerprint density at radius 2 is 1.56 bits per heavy atom. The predicted molar refractivity (Wildman–Crippen MR) is 86.5 cm³/mol. The normalized spacial score (nSPS) is 17.6. The van der Waals surface area contributed by atoms with Crippen LogP contribution in [-0.4, -0.2) is 62.8 Å². The largest absolute Gasteiger partial charge is 0.335 e. The van der Waals surface area contributed by atoms with Crippen LogP contribution in [0.3, 0.4) is 0 Å². The Hall–Kier alpha value is -2.77. The second-order valence-corrected chi connectivity index (χ2v) is 6.39. The summed E-state index contributed by atoms with van der Waals surface area (Å²) in [6.45, 7) is 1.82. The van der Waals surface area contributed by atoms with Crippen LogP contribution in [0.1, 0.15) is 39.7 Å². The van der Waals surface area contributed by atoms with E-state index >= 15 is 0 Å². The summed E-state index contributed by atoms with van der Waals surface area (Å²) in [5, 5.41) is 7.87. The topological polar surface area (TPSA) is 71.3 Å². The molecular weight excluding hydrogens is 325 g/mol. The van der Waals surface area contributed by atoms with Crippen LogP contribution in [0.25, 0.3) is 0 Å². The minimum atomic E-state index is -0.368. The van der Waals surface area contributed by atoms with E-state index in [2.05, 4.69) is 10.3 Å². The van der Waals surface area contributed by atoms with Crippen LogP contribution in [-0.2, 0) is 0 Å². The third-order valence-electron chi connectivity index (χ3n) is 4.63. The molecule has 1 aromatic carbocycles. The van der Waals surface area contributed by atoms with Gasteiger partial charge < -0.3 is 9.80 Å². The van der Waals surface area contributed by atoms with E-state index in [0.29, 0.717) is 43.5 Å². The molecular formula is C17H18FN5O2. The molecule has 0 unspecified atom stereocenters. The van der Waals surface area contributed by atoms with Gasteiger partial charge in [0.15, 0.2) is 0 Å². The molecule has 0 spiro atoms. The monoisotopic (exact) mass is 343 g/mol. The van der Waals surface area contributed by atoms with Crippen LogP contribution in [0.15, 0.2) is 30.5 Å². The zero-order chi connectivity index (χ0) is 17.4. The van der Waals surface area contributed by atoms with E-state index in [-0.39, 0.29) is 17.6 Å². The molecule has 1 aliphatic carbocycles. The zero-order valence-electron chi connectivity index (χ0n) is 13.6. The molecule has 2 aromatic rings. The van der Waals surface area contributed by atoms with E-state index < -0.39 is 0 Å². The number of benzene rings is 1. The highest BCUT2D eigenvalue weighted by Gasteiger charge is 2.32. The first kappa shape index (κ1) is 15.7. The standard InChI is InChI=1S/C17H18FN5O2/c18-13-3-1-12(2-4-13)16(24)21-7-9-22(10-8-21)17(25)15-11-19-20-23(15)14-5-6-14/h1-4,11,14H,5-10H2. The third kappa shape index (κ3) is 3.11. The molecule has 1 saturated heterocycles. The highest BCUT2D eigenvalue weighted by Crippen LogP contribution is 2.35.